The summed E-state index contributed by atoms with van der Waals surface area (Å²) in [6.45, 7) is 5.03. The first-order valence-electron chi connectivity index (χ1n) is 5.70. The summed E-state index contributed by atoms with van der Waals surface area (Å²) >= 11 is 0. The second-order valence-electron chi connectivity index (χ2n) is 4.30. The molecule has 0 aliphatic rings. The van der Waals surface area contributed by atoms with Gasteiger partial charge in [0, 0.05) is 12.1 Å². The number of primary amides is 1. The maximum atomic E-state index is 10.6. The Bertz CT molecular complexity index is 389. The lowest BCUT2D eigenvalue weighted by Crippen LogP contribution is -2.28. The molecule has 0 aliphatic heterocycles. The van der Waals surface area contributed by atoms with Crippen LogP contribution in [0.2, 0.25) is 0 Å². The van der Waals surface area contributed by atoms with Crippen LogP contribution in [0.4, 0.5) is 0 Å². The van der Waals surface area contributed by atoms with E-state index in [0.717, 1.165) is 11.3 Å². The first-order valence-corrected chi connectivity index (χ1v) is 5.70. The molecule has 0 spiro atoms. The van der Waals surface area contributed by atoms with Crippen LogP contribution >= 0.6 is 0 Å². The van der Waals surface area contributed by atoms with Gasteiger partial charge in [-0.3, -0.25) is 4.79 Å². The molecule has 0 heterocycles. The van der Waals surface area contributed by atoms with Crippen LogP contribution in [0.3, 0.4) is 0 Å². The summed E-state index contributed by atoms with van der Waals surface area (Å²) in [6, 6.07) is 6.11. The van der Waals surface area contributed by atoms with Gasteiger partial charge in [-0.15, -0.1) is 0 Å². The van der Waals surface area contributed by atoms with Crippen molar-refractivity contribution >= 4 is 5.91 Å². The number of methoxy groups -OCH3 is 1. The highest BCUT2D eigenvalue weighted by molar-refractivity contribution is 5.75. The van der Waals surface area contributed by atoms with Gasteiger partial charge in [-0.2, -0.15) is 0 Å². The smallest absolute Gasteiger partial charge is 0.231 e. The maximum absolute atomic E-state index is 10.6. The Kier molecular flexibility index (Phi) is 4.97. The number of nitrogens with two attached hydrogens (primary N) is 1. The van der Waals surface area contributed by atoms with E-state index in [1.807, 2.05) is 6.07 Å². The second-order valence-corrected chi connectivity index (χ2v) is 4.30. The molecule has 0 fully saturated rings. The van der Waals surface area contributed by atoms with E-state index >= 15 is 0 Å². The summed E-state index contributed by atoms with van der Waals surface area (Å²) in [5, 5.41) is 2.99. The molecule has 0 bridgehead atoms. The van der Waals surface area contributed by atoms with Crippen LogP contribution in [0.25, 0.3) is 0 Å². The van der Waals surface area contributed by atoms with Crippen LogP contribution in [0, 0.1) is 0 Å². The predicted molar refractivity (Wildman–Crippen MR) is 68.0 cm³/mol. The highest BCUT2D eigenvalue weighted by Gasteiger charge is 2.07. The van der Waals surface area contributed by atoms with Crippen molar-refractivity contribution in [1.82, 2.24) is 5.32 Å². The minimum Gasteiger partial charge on any atom is -0.496 e. The largest absolute Gasteiger partial charge is 0.496 e. The van der Waals surface area contributed by atoms with Gasteiger partial charge in [0.25, 0.3) is 0 Å². The van der Waals surface area contributed by atoms with Gasteiger partial charge < -0.3 is 15.8 Å². The van der Waals surface area contributed by atoms with Crippen molar-refractivity contribution in [3.63, 3.8) is 0 Å². The van der Waals surface area contributed by atoms with Crippen LogP contribution < -0.4 is 15.8 Å². The summed E-state index contributed by atoms with van der Waals surface area (Å²) in [4.78, 5) is 10.6. The molecule has 94 valence electrons. The Labute approximate surface area is 102 Å². The van der Waals surface area contributed by atoms with Crippen LogP contribution in [0.5, 0.6) is 5.75 Å². The number of rotatable bonds is 6. The van der Waals surface area contributed by atoms with Gasteiger partial charge in [0.2, 0.25) is 5.91 Å². The number of benzene rings is 1. The van der Waals surface area contributed by atoms with Gasteiger partial charge in [0.1, 0.15) is 5.75 Å². The van der Waals surface area contributed by atoms with E-state index in [-0.39, 0.29) is 12.5 Å². The van der Waals surface area contributed by atoms with Crippen LogP contribution in [-0.2, 0) is 11.3 Å². The Morgan fingerprint density at radius 1 is 1.47 bits per heavy atom. The number of hydrogen-bond donors (Lipinski definition) is 2. The number of nitrogens with one attached hydrogen (secondary N) is 1. The average molecular weight is 236 g/mol. The molecule has 3 N–H and O–H groups in total. The molecule has 17 heavy (non-hydrogen) atoms. The fourth-order valence-corrected chi connectivity index (χ4v) is 1.62. The van der Waals surface area contributed by atoms with Crippen molar-refractivity contribution < 1.29 is 9.53 Å². The maximum Gasteiger partial charge on any atom is 0.231 e. The van der Waals surface area contributed by atoms with Crippen LogP contribution in [0.15, 0.2) is 18.2 Å². The van der Waals surface area contributed by atoms with E-state index in [0.29, 0.717) is 12.5 Å². The van der Waals surface area contributed by atoms with E-state index in [2.05, 4.69) is 31.3 Å². The fraction of sp³-hybridized carbons (Fsp3) is 0.462. The Balaban J connectivity index is 2.79. The number of carbonyl (C=O) groups excluding carboxylic acids is 1. The Morgan fingerprint density at radius 2 is 2.18 bits per heavy atom. The zero-order valence-electron chi connectivity index (χ0n) is 10.6. The number of amides is 1. The molecule has 0 aromatic heterocycles. The number of ether oxygens (including phenoxy) is 1. The van der Waals surface area contributed by atoms with Gasteiger partial charge in [-0.05, 0) is 17.5 Å². The Hall–Kier alpha value is -1.55. The standard InChI is InChI=1S/C13H20N2O2/c1-9(2)10-4-5-12(17-3)11(6-10)7-15-8-13(14)16/h4-6,9,15H,7-8H2,1-3H3,(H2,14,16). The molecule has 0 aliphatic carbocycles. The summed E-state index contributed by atoms with van der Waals surface area (Å²) in [6.07, 6.45) is 0. The topological polar surface area (TPSA) is 64.3 Å². The van der Waals surface area contributed by atoms with Gasteiger partial charge in [0.15, 0.2) is 0 Å². The lowest BCUT2D eigenvalue weighted by Gasteiger charge is -2.13. The van der Waals surface area contributed by atoms with E-state index in [1.54, 1.807) is 7.11 Å². The number of hydrogen-bond acceptors (Lipinski definition) is 3. The minimum atomic E-state index is -0.357. The second kappa shape index (κ2) is 6.25. The fourth-order valence-electron chi connectivity index (χ4n) is 1.62. The Morgan fingerprint density at radius 3 is 2.71 bits per heavy atom. The van der Waals surface area contributed by atoms with Crippen molar-refractivity contribution in [2.45, 2.75) is 26.3 Å². The first kappa shape index (κ1) is 13.5. The molecule has 1 rings (SSSR count). The summed E-state index contributed by atoms with van der Waals surface area (Å²) in [5.41, 5.74) is 7.37. The zero-order chi connectivity index (χ0) is 12.8. The van der Waals surface area contributed by atoms with E-state index in [9.17, 15) is 4.79 Å². The first-order chi connectivity index (χ1) is 8.04. The lowest BCUT2D eigenvalue weighted by molar-refractivity contribution is -0.117. The minimum absolute atomic E-state index is 0.176. The third kappa shape index (κ3) is 4.07. The monoisotopic (exact) mass is 236 g/mol. The molecule has 0 radical (unpaired) electrons. The van der Waals surface area contributed by atoms with Gasteiger partial charge in [-0.1, -0.05) is 26.0 Å². The van der Waals surface area contributed by atoms with Crippen molar-refractivity contribution in [2.75, 3.05) is 13.7 Å². The third-order valence-electron chi connectivity index (χ3n) is 2.59. The molecule has 1 amide bonds. The zero-order valence-corrected chi connectivity index (χ0v) is 10.6. The highest BCUT2D eigenvalue weighted by Crippen LogP contribution is 2.23. The predicted octanol–water partition coefficient (Wildman–Crippen LogP) is 1.39. The van der Waals surface area contributed by atoms with Gasteiger partial charge >= 0.3 is 0 Å². The van der Waals surface area contributed by atoms with Crippen molar-refractivity contribution in [1.29, 1.82) is 0 Å². The quantitative estimate of drug-likeness (QED) is 0.784. The van der Waals surface area contributed by atoms with E-state index in [1.165, 1.54) is 5.56 Å². The van der Waals surface area contributed by atoms with Crippen LogP contribution in [-0.4, -0.2) is 19.6 Å². The molecular weight excluding hydrogens is 216 g/mol. The SMILES string of the molecule is COc1ccc(C(C)C)cc1CNCC(N)=O. The molecule has 4 heteroatoms. The van der Waals surface area contributed by atoms with Crippen molar-refractivity contribution in [3.8, 4) is 5.75 Å². The molecule has 0 saturated carbocycles. The normalized spacial score (nSPS) is 10.6. The third-order valence-corrected chi connectivity index (χ3v) is 2.59. The lowest BCUT2D eigenvalue weighted by atomic mass is 10.0. The molecule has 1 aromatic carbocycles. The molecular formula is C13H20N2O2. The molecule has 4 nitrogen and oxygen atoms in total. The summed E-state index contributed by atoms with van der Waals surface area (Å²) < 4.78 is 5.28. The van der Waals surface area contributed by atoms with Gasteiger partial charge in [-0.25, -0.2) is 0 Å². The highest BCUT2D eigenvalue weighted by atomic mass is 16.5. The molecule has 0 atom stereocenters. The molecule has 0 saturated heterocycles. The van der Waals surface area contributed by atoms with Crippen molar-refractivity contribution in [2.24, 2.45) is 5.73 Å². The van der Waals surface area contributed by atoms with E-state index in [4.69, 9.17) is 10.5 Å². The molecule has 0 unspecified atom stereocenters. The van der Waals surface area contributed by atoms with Crippen LogP contribution in [0.1, 0.15) is 30.9 Å². The van der Waals surface area contributed by atoms with Crippen molar-refractivity contribution in [3.05, 3.63) is 29.3 Å². The summed E-state index contributed by atoms with van der Waals surface area (Å²) in [7, 11) is 1.64. The van der Waals surface area contributed by atoms with E-state index < -0.39 is 0 Å². The van der Waals surface area contributed by atoms with Gasteiger partial charge in [0.05, 0.1) is 13.7 Å². The average Bonchev–Trinajstić information content (AvgIpc) is 2.28. The molecule has 1 aromatic rings. The number of carbonyl (C=O) groups is 1. The summed E-state index contributed by atoms with van der Waals surface area (Å²) in [5.74, 6) is 0.936.